The van der Waals surface area contributed by atoms with E-state index in [2.05, 4.69) is 6.92 Å². The normalized spacial score (nSPS) is 37.8. The molecule has 92 valence electrons. The van der Waals surface area contributed by atoms with Gasteiger partial charge in [-0.2, -0.15) is 0 Å². The molecule has 0 aromatic heterocycles. The van der Waals surface area contributed by atoms with E-state index in [0.29, 0.717) is 5.92 Å². The van der Waals surface area contributed by atoms with E-state index in [-0.39, 0.29) is 17.0 Å². The van der Waals surface area contributed by atoms with Crippen molar-refractivity contribution < 1.29 is 9.53 Å². The van der Waals surface area contributed by atoms with Crippen LogP contribution in [-0.2, 0) is 9.53 Å². The summed E-state index contributed by atoms with van der Waals surface area (Å²) in [7, 11) is 0. The van der Waals surface area contributed by atoms with Gasteiger partial charge in [-0.3, -0.25) is 4.79 Å². The minimum atomic E-state index is -0.329. The van der Waals surface area contributed by atoms with Crippen LogP contribution in [0.15, 0.2) is 0 Å². The third-order valence-electron chi connectivity index (χ3n) is 4.72. The number of carbonyl (C=O) groups excluding carboxylic acids is 1. The summed E-state index contributed by atoms with van der Waals surface area (Å²) in [5.74, 6) is 1.49. The van der Waals surface area contributed by atoms with E-state index in [1.54, 1.807) is 0 Å². The van der Waals surface area contributed by atoms with Crippen molar-refractivity contribution in [1.29, 1.82) is 0 Å². The first-order valence-corrected chi connectivity index (χ1v) is 6.62. The van der Waals surface area contributed by atoms with Crippen LogP contribution in [0.1, 0.15) is 59.8 Å². The minimum absolute atomic E-state index is 0.00921. The topological polar surface area (TPSA) is 26.3 Å². The fourth-order valence-electron chi connectivity index (χ4n) is 2.84. The predicted molar refractivity (Wildman–Crippen MR) is 64.0 cm³/mol. The Morgan fingerprint density at radius 3 is 2.81 bits per heavy atom. The van der Waals surface area contributed by atoms with Crippen molar-refractivity contribution >= 4 is 5.97 Å². The Labute approximate surface area is 98.7 Å². The molecular formula is C14H24O2. The number of esters is 1. The first-order valence-electron chi connectivity index (χ1n) is 6.62. The molecule has 0 aliphatic heterocycles. The van der Waals surface area contributed by atoms with Crippen LogP contribution in [0.25, 0.3) is 0 Å². The average Bonchev–Trinajstić information content (AvgIpc) is 2.98. The maximum Gasteiger partial charge on any atom is 0.312 e. The quantitative estimate of drug-likeness (QED) is 0.685. The Morgan fingerprint density at radius 2 is 2.19 bits per heavy atom. The van der Waals surface area contributed by atoms with Crippen molar-refractivity contribution in [2.75, 3.05) is 0 Å². The van der Waals surface area contributed by atoms with Gasteiger partial charge in [0.15, 0.2) is 0 Å². The molecule has 2 nitrogen and oxygen atoms in total. The zero-order valence-electron chi connectivity index (χ0n) is 11.0. The Balaban J connectivity index is 2.01. The third kappa shape index (κ3) is 1.99. The summed E-state index contributed by atoms with van der Waals surface area (Å²) in [5.41, 5.74) is -0.489. The zero-order chi connectivity index (χ0) is 12.0. The fraction of sp³-hybridized carbons (Fsp3) is 0.929. The molecule has 2 rings (SSSR count). The molecule has 2 aliphatic rings. The highest BCUT2D eigenvalue weighted by molar-refractivity contribution is 5.76. The standard InChI is InChI=1S/C14H24O2/c1-5-13(2,3)12(15)16-14(4)8-6-7-10-9-11(10)14/h10-11H,5-9H2,1-4H3. The summed E-state index contributed by atoms with van der Waals surface area (Å²) >= 11 is 0. The zero-order valence-corrected chi connectivity index (χ0v) is 11.0. The van der Waals surface area contributed by atoms with Gasteiger partial charge in [-0.1, -0.05) is 6.92 Å². The van der Waals surface area contributed by atoms with Crippen molar-refractivity contribution in [1.82, 2.24) is 0 Å². The van der Waals surface area contributed by atoms with Gasteiger partial charge < -0.3 is 4.74 Å². The number of hydrogen-bond acceptors (Lipinski definition) is 2. The van der Waals surface area contributed by atoms with E-state index in [0.717, 1.165) is 18.8 Å². The molecule has 0 aromatic rings. The van der Waals surface area contributed by atoms with Crippen molar-refractivity contribution in [3.8, 4) is 0 Å². The molecule has 0 heterocycles. The Morgan fingerprint density at radius 1 is 1.50 bits per heavy atom. The molecule has 0 bridgehead atoms. The second-order valence-electron chi connectivity index (χ2n) is 6.43. The highest BCUT2D eigenvalue weighted by Crippen LogP contribution is 2.56. The number of fused-ring (bicyclic) bond motifs is 1. The molecule has 2 aliphatic carbocycles. The van der Waals surface area contributed by atoms with Crippen LogP contribution in [0, 0.1) is 17.3 Å². The van der Waals surface area contributed by atoms with Crippen LogP contribution in [0.2, 0.25) is 0 Å². The van der Waals surface area contributed by atoms with Gasteiger partial charge in [0, 0.05) is 5.92 Å². The van der Waals surface area contributed by atoms with Crippen LogP contribution in [0.4, 0.5) is 0 Å². The van der Waals surface area contributed by atoms with E-state index in [1.807, 2.05) is 20.8 Å². The van der Waals surface area contributed by atoms with Crippen molar-refractivity contribution in [2.24, 2.45) is 17.3 Å². The lowest BCUT2D eigenvalue weighted by Gasteiger charge is -2.36. The van der Waals surface area contributed by atoms with Gasteiger partial charge in [0.1, 0.15) is 5.60 Å². The lowest BCUT2D eigenvalue weighted by atomic mass is 9.84. The van der Waals surface area contributed by atoms with E-state index in [9.17, 15) is 4.79 Å². The summed E-state index contributed by atoms with van der Waals surface area (Å²) in [6.07, 6.45) is 5.73. The van der Waals surface area contributed by atoms with E-state index in [4.69, 9.17) is 4.74 Å². The molecule has 0 aromatic carbocycles. The maximum atomic E-state index is 12.1. The summed E-state index contributed by atoms with van der Waals surface area (Å²) in [4.78, 5) is 12.1. The SMILES string of the molecule is CCC(C)(C)C(=O)OC1(C)CCCC2CC21. The van der Waals surface area contributed by atoms with Crippen LogP contribution in [0.3, 0.4) is 0 Å². The van der Waals surface area contributed by atoms with Gasteiger partial charge in [0.25, 0.3) is 0 Å². The molecule has 0 spiro atoms. The van der Waals surface area contributed by atoms with Crippen molar-refractivity contribution in [3.05, 3.63) is 0 Å². The molecule has 0 amide bonds. The third-order valence-corrected chi connectivity index (χ3v) is 4.72. The summed E-state index contributed by atoms with van der Waals surface area (Å²) in [6.45, 7) is 8.14. The van der Waals surface area contributed by atoms with E-state index in [1.165, 1.54) is 19.3 Å². The number of hydrogen-bond donors (Lipinski definition) is 0. The van der Waals surface area contributed by atoms with Crippen molar-refractivity contribution in [2.45, 2.75) is 65.4 Å². The second kappa shape index (κ2) is 3.75. The van der Waals surface area contributed by atoms with Crippen molar-refractivity contribution in [3.63, 3.8) is 0 Å². The molecule has 0 N–H and O–H groups in total. The molecule has 2 saturated carbocycles. The van der Waals surface area contributed by atoms with Crippen LogP contribution in [0.5, 0.6) is 0 Å². The summed E-state index contributed by atoms with van der Waals surface area (Å²) in [5, 5.41) is 0. The maximum absolute atomic E-state index is 12.1. The molecule has 0 radical (unpaired) electrons. The summed E-state index contributed by atoms with van der Waals surface area (Å²) in [6, 6.07) is 0. The minimum Gasteiger partial charge on any atom is -0.459 e. The van der Waals surface area contributed by atoms with Gasteiger partial charge in [-0.05, 0) is 58.8 Å². The predicted octanol–water partition coefficient (Wildman–Crippen LogP) is 3.54. The molecule has 2 fully saturated rings. The lowest BCUT2D eigenvalue weighted by molar-refractivity contribution is -0.174. The smallest absolute Gasteiger partial charge is 0.312 e. The largest absolute Gasteiger partial charge is 0.459 e. The second-order valence-corrected chi connectivity index (χ2v) is 6.43. The van der Waals surface area contributed by atoms with Crippen LogP contribution < -0.4 is 0 Å². The van der Waals surface area contributed by atoms with Crippen LogP contribution in [-0.4, -0.2) is 11.6 Å². The molecular weight excluding hydrogens is 200 g/mol. The first-order chi connectivity index (χ1) is 7.39. The molecule has 0 saturated heterocycles. The van der Waals surface area contributed by atoms with Crippen LogP contribution >= 0.6 is 0 Å². The number of carbonyl (C=O) groups is 1. The highest BCUT2D eigenvalue weighted by atomic mass is 16.6. The monoisotopic (exact) mass is 224 g/mol. The highest BCUT2D eigenvalue weighted by Gasteiger charge is 2.55. The summed E-state index contributed by atoms with van der Waals surface area (Å²) < 4.78 is 5.85. The fourth-order valence-corrected chi connectivity index (χ4v) is 2.84. The van der Waals surface area contributed by atoms with Gasteiger partial charge in [-0.15, -0.1) is 0 Å². The Hall–Kier alpha value is -0.530. The van der Waals surface area contributed by atoms with Gasteiger partial charge in [0.05, 0.1) is 5.41 Å². The van der Waals surface area contributed by atoms with Gasteiger partial charge in [-0.25, -0.2) is 0 Å². The first kappa shape index (κ1) is 11.9. The average molecular weight is 224 g/mol. The van der Waals surface area contributed by atoms with E-state index >= 15 is 0 Å². The Bertz CT molecular complexity index is 295. The number of rotatable bonds is 3. The molecule has 3 atom stereocenters. The van der Waals surface area contributed by atoms with Gasteiger partial charge in [0.2, 0.25) is 0 Å². The molecule has 2 heteroatoms. The van der Waals surface area contributed by atoms with Gasteiger partial charge >= 0.3 is 5.97 Å². The Kier molecular flexibility index (Phi) is 2.80. The lowest BCUT2D eigenvalue weighted by Crippen LogP contribution is -2.41. The molecule has 3 unspecified atom stereocenters. The molecule has 16 heavy (non-hydrogen) atoms. The van der Waals surface area contributed by atoms with E-state index < -0.39 is 0 Å². The number of ether oxygens (including phenoxy) is 1.